The highest BCUT2D eigenvalue weighted by molar-refractivity contribution is 7.39. The molecule has 1 heterocycles. The quantitative estimate of drug-likeness (QED) is 0.279. The van der Waals surface area contributed by atoms with Crippen molar-refractivity contribution in [1.82, 2.24) is 0 Å². The fourth-order valence-electron chi connectivity index (χ4n) is 4.68. The van der Waals surface area contributed by atoms with Crippen molar-refractivity contribution >= 4 is 35.8 Å². The van der Waals surface area contributed by atoms with Crippen molar-refractivity contribution in [3.8, 4) is 0 Å². The molecule has 3 aromatic carbocycles. The summed E-state index contributed by atoms with van der Waals surface area (Å²) in [7, 11) is -1.50. The lowest BCUT2D eigenvalue weighted by Gasteiger charge is -2.27. The van der Waals surface area contributed by atoms with Crippen LogP contribution in [0.5, 0.6) is 0 Å². The third-order valence-corrected chi connectivity index (χ3v) is 8.30. The molecular formula is C34H46NO2P. The van der Waals surface area contributed by atoms with Gasteiger partial charge in [0.2, 0.25) is 0 Å². The molecule has 1 aromatic heterocycles. The van der Waals surface area contributed by atoms with Crippen molar-refractivity contribution in [2.24, 2.45) is 0 Å². The molecule has 0 spiro atoms. The molecule has 4 heteroatoms. The van der Waals surface area contributed by atoms with Gasteiger partial charge >= 0.3 is 8.16 Å². The van der Waals surface area contributed by atoms with Gasteiger partial charge in [-0.3, -0.25) is 5.09 Å². The summed E-state index contributed by atoms with van der Waals surface area (Å²) in [6, 6.07) is 19.6. The van der Waals surface area contributed by atoms with E-state index < -0.39 is 8.16 Å². The largest absolute Gasteiger partial charge is 0.404 e. The first-order valence-corrected chi connectivity index (χ1v) is 14.9. The minimum absolute atomic E-state index is 0.0100. The lowest BCUT2D eigenvalue weighted by atomic mass is 9.77. The van der Waals surface area contributed by atoms with Gasteiger partial charge in [0.25, 0.3) is 0 Å². The average molecular weight is 532 g/mol. The molecule has 0 saturated heterocycles. The van der Waals surface area contributed by atoms with Crippen molar-refractivity contribution in [1.29, 1.82) is 0 Å². The van der Waals surface area contributed by atoms with Crippen molar-refractivity contribution in [2.45, 2.75) is 105 Å². The van der Waals surface area contributed by atoms with Crippen LogP contribution in [0.25, 0.3) is 21.9 Å². The highest BCUT2D eigenvalue weighted by Gasteiger charge is 2.28. The SMILES string of the molecule is CC(C)(C)c1cc(C(C)(C)C)c2op(Nc3ccccc3)oc3c(C(C)(C)C)cc(C(C)(C)C)cc3c2c1. The van der Waals surface area contributed by atoms with Gasteiger partial charge in [-0.15, -0.1) is 0 Å². The van der Waals surface area contributed by atoms with E-state index in [1.54, 1.807) is 0 Å². The van der Waals surface area contributed by atoms with Crippen LogP contribution >= 0.6 is 8.16 Å². The van der Waals surface area contributed by atoms with E-state index in [1.165, 1.54) is 22.3 Å². The zero-order valence-corrected chi connectivity index (χ0v) is 26.4. The number of rotatable bonds is 2. The van der Waals surface area contributed by atoms with Gasteiger partial charge in [0.1, 0.15) is 11.2 Å². The average Bonchev–Trinajstić information content (AvgIpc) is 2.92. The standard InChI is InChI=1S/C34H46NO2P/c1-31(2,3)22-18-25-26-19-23(32(4,5)6)21-28(34(10,11)12)30(26)37-38(35-24-16-14-13-15-17-24)36-29(25)27(20-22)33(7,8)9/h13-21,35H,1-12H3. The molecule has 0 aliphatic rings. The summed E-state index contributed by atoms with van der Waals surface area (Å²) in [6.07, 6.45) is 0. The first kappa shape index (κ1) is 28.4. The van der Waals surface area contributed by atoms with Crippen LogP contribution in [0.4, 0.5) is 5.69 Å². The van der Waals surface area contributed by atoms with E-state index in [9.17, 15) is 0 Å². The number of fused-ring (bicyclic) bond motifs is 3. The molecule has 0 bridgehead atoms. The molecule has 4 aromatic rings. The summed E-state index contributed by atoms with van der Waals surface area (Å²) in [4.78, 5) is 0. The second kappa shape index (κ2) is 9.53. The molecule has 38 heavy (non-hydrogen) atoms. The second-order valence-electron chi connectivity index (χ2n) is 14.7. The van der Waals surface area contributed by atoms with Gasteiger partial charge in [-0.1, -0.05) is 113 Å². The van der Waals surface area contributed by atoms with Gasteiger partial charge in [-0.25, -0.2) is 0 Å². The smallest absolute Gasteiger partial charge is 0.338 e. The van der Waals surface area contributed by atoms with E-state index >= 15 is 0 Å². The molecular weight excluding hydrogens is 485 g/mol. The summed E-state index contributed by atoms with van der Waals surface area (Å²) in [6.45, 7) is 27.3. The van der Waals surface area contributed by atoms with Crippen molar-refractivity contribution in [3.63, 3.8) is 0 Å². The fraction of sp³-hybridized carbons (Fsp3) is 0.471. The van der Waals surface area contributed by atoms with E-state index in [2.05, 4.69) is 125 Å². The van der Waals surface area contributed by atoms with E-state index in [0.717, 1.165) is 27.6 Å². The highest BCUT2D eigenvalue weighted by Crippen LogP contribution is 2.45. The predicted molar refractivity (Wildman–Crippen MR) is 167 cm³/mol. The Bertz CT molecular complexity index is 1410. The summed E-state index contributed by atoms with van der Waals surface area (Å²) in [5.74, 6) is 0. The molecule has 0 radical (unpaired) electrons. The van der Waals surface area contributed by atoms with Crippen LogP contribution in [0.2, 0.25) is 0 Å². The Hall–Kier alpha value is -2.64. The van der Waals surface area contributed by atoms with E-state index in [1.807, 2.05) is 18.2 Å². The van der Waals surface area contributed by atoms with Crippen LogP contribution in [0.15, 0.2) is 63.0 Å². The van der Waals surface area contributed by atoms with Crippen LogP contribution < -0.4 is 5.09 Å². The van der Waals surface area contributed by atoms with Crippen molar-refractivity contribution < 1.29 is 8.39 Å². The number of hydrogen-bond donors (Lipinski definition) is 1. The van der Waals surface area contributed by atoms with Gasteiger partial charge in [0.15, 0.2) is 0 Å². The van der Waals surface area contributed by atoms with Crippen LogP contribution in [0.3, 0.4) is 0 Å². The number of nitrogens with one attached hydrogen (secondary N) is 1. The number of anilines is 1. The summed E-state index contributed by atoms with van der Waals surface area (Å²) >= 11 is 0. The molecule has 0 fully saturated rings. The highest BCUT2D eigenvalue weighted by atomic mass is 31.1. The second-order valence-corrected chi connectivity index (χ2v) is 15.8. The zero-order chi connectivity index (χ0) is 28.3. The first-order chi connectivity index (χ1) is 17.4. The molecule has 204 valence electrons. The van der Waals surface area contributed by atoms with Gasteiger partial charge in [0.05, 0.1) is 0 Å². The maximum atomic E-state index is 6.89. The molecule has 1 N–H and O–H groups in total. The van der Waals surface area contributed by atoms with Gasteiger partial charge in [-0.2, -0.15) is 0 Å². The maximum absolute atomic E-state index is 6.89. The fourth-order valence-corrected chi connectivity index (χ4v) is 5.90. The van der Waals surface area contributed by atoms with E-state index in [0.29, 0.717) is 0 Å². The molecule has 3 nitrogen and oxygen atoms in total. The van der Waals surface area contributed by atoms with E-state index in [4.69, 9.17) is 8.39 Å². The van der Waals surface area contributed by atoms with E-state index in [-0.39, 0.29) is 21.7 Å². The summed E-state index contributed by atoms with van der Waals surface area (Å²) in [5, 5.41) is 5.81. The molecule has 0 amide bonds. The Labute approximate surface area is 230 Å². The van der Waals surface area contributed by atoms with Crippen LogP contribution in [0.1, 0.15) is 105 Å². The first-order valence-electron chi connectivity index (χ1n) is 13.7. The van der Waals surface area contributed by atoms with Gasteiger partial charge < -0.3 is 8.39 Å². The lowest BCUT2D eigenvalue weighted by Crippen LogP contribution is -2.17. The predicted octanol–water partition coefficient (Wildman–Crippen LogP) is 11.4. The van der Waals surface area contributed by atoms with Gasteiger partial charge in [0, 0.05) is 27.6 Å². The Balaban J connectivity index is 2.30. The normalized spacial score (nSPS) is 13.3. The maximum Gasteiger partial charge on any atom is 0.338 e. The third kappa shape index (κ3) is 5.84. The Morgan fingerprint density at radius 1 is 0.526 bits per heavy atom. The zero-order valence-electron chi connectivity index (χ0n) is 25.5. The lowest BCUT2D eigenvalue weighted by molar-refractivity contribution is 0.557. The molecule has 0 aliphatic carbocycles. The Morgan fingerprint density at radius 3 is 1.26 bits per heavy atom. The molecule has 0 saturated carbocycles. The van der Waals surface area contributed by atoms with Crippen LogP contribution in [0, 0.1) is 0 Å². The minimum Gasteiger partial charge on any atom is -0.404 e. The molecule has 4 rings (SSSR count). The monoisotopic (exact) mass is 531 g/mol. The topological polar surface area (TPSA) is 38.3 Å². The molecule has 0 atom stereocenters. The molecule has 0 aliphatic heterocycles. The Morgan fingerprint density at radius 2 is 0.921 bits per heavy atom. The number of benzene rings is 3. The minimum atomic E-state index is -1.50. The van der Waals surface area contributed by atoms with Crippen LogP contribution in [-0.4, -0.2) is 0 Å². The summed E-state index contributed by atoms with van der Waals surface area (Å²) in [5.41, 5.74) is 7.59. The summed E-state index contributed by atoms with van der Waals surface area (Å²) < 4.78 is 13.8. The third-order valence-electron chi connectivity index (χ3n) is 7.16. The molecule has 0 unspecified atom stereocenters. The van der Waals surface area contributed by atoms with Crippen molar-refractivity contribution in [2.75, 3.05) is 5.09 Å². The van der Waals surface area contributed by atoms with Crippen LogP contribution in [-0.2, 0) is 21.7 Å². The van der Waals surface area contributed by atoms with Crippen molar-refractivity contribution in [3.05, 3.63) is 76.9 Å². The number of hydrogen-bond acceptors (Lipinski definition) is 3. The number of para-hydroxylation sites is 1. The van der Waals surface area contributed by atoms with Gasteiger partial charge in [-0.05, 0) is 57.1 Å². The Kier molecular flexibility index (Phi) is 7.11.